The van der Waals surface area contributed by atoms with Crippen molar-refractivity contribution in [1.82, 2.24) is 4.98 Å². The van der Waals surface area contributed by atoms with Crippen LogP contribution >= 0.6 is 0 Å². The zero-order valence-electron chi connectivity index (χ0n) is 10.5. The van der Waals surface area contributed by atoms with Crippen molar-refractivity contribution in [3.63, 3.8) is 0 Å². The van der Waals surface area contributed by atoms with Crippen LogP contribution in [-0.4, -0.2) is 11.5 Å². The highest BCUT2D eigenvalue weighted by Gasteiger charge is 2.32. The van der Waals surface area contributed by atoms with E-state index in [2.05, 4.69) is 4.98 Å². The number of hydrogen-bond acceptors (Lipinski definition) is 3. The van der Waals surface area contributed by atoms with E-state index in [4.69, 9.17) is 10.5 Å². The lowest BCUT2D eigenvalue weighted by Crippen LogP contribution is -2.07. The fraction of sp³-hybridized carbons (Fsp3) is 0.214. The second-order valence-electron chi connectivity index (χ2n) is 4.14. The average molecular weight is 282 g/mol. The number of nitrogens with zero attached hydrogens (tertiary/aromatic N) is 1. The summed E-state index contributed by atoms with van der Waals surface area (Å²) in [6.07, 6.45) is -3.74. The molecule has 20 heavy (non-hydrogen) atoms. The lowest BCUT2D eigenvalue weighted by atomic mass is 10.1. The Morgan fingerprint density at radius 2 is 1.75 bits per heavy atom. The second-order valence-corrected chi connectivity index (χ2v) is 4.14. The molecule has 0 bridgehead atoms. The Morgan fingerprint density at radius 1 is 1.05 bits per heavy atom. The minimum atomic E-state index is -4.48. The van der Waals surface area contributed by atoms with Crippen LogP contribution in [0.25, 0.3) is 0 Å². The summed E-state index contributed by atoms with van der Waals surface area (Å²) in [4.78, 5) is 3.43. The maximum absolute atomic E-state index is 12.5. The number of pyridine rings is 1. The van der Waals surface area contributed by atoms with E-state index in [1.54, 1.807) is 12.1 Å². The molecular weight excluding hydrogens is 269 g/mol. The van der Waals surface area contributed by atoms with Gasteiger partial charge in [-0.1, -0.05) is 18.2 Å². The Hall–Kier alpha value is -2.08. The summed E-state index contributed by atoms with van der Waals surface area (Å²) in [5, 5.41) is 0. The molecule has 0 fully saturated rings. The number of hydrogen-bond donors (Lipinski definition) is 1. The summed E-state index contributed by atoms with van der Waals surface area (Å²) < 4.78 is 42.8. The Balaban J connectivity index is 2.13. The van der Waals surface area contributed by atoms with E-state index in [0.29, 0.717) is 12.3 Å². The van der Waals surface area contributed by atoms with Gasteiger partial charge in [-0.05, 0) is 36.7 Å². The van der Waals surface area contributed by atoms with Crippen molar-refractivity contribution in [2.75, 3.05) is 6.54 Å². The van der Waals surface area contributed by atoms with Crippen LogP contribution < -0.4 is 10.5 Å². The number of aromatic nitrogens is 1. The third-order valence-corrected chi connectivity index (χ3v) is 2.59. The highest BCUT2D eigenvalue weighted by atomic mass is 19.4. The largest absolute Gasteiger partial charge is 0.439 e. The first-order valence-corrected chi connectivity index (χ1v) is 6.00. The van der Waals surface area contributed by atoms with Crippen molar-refractivity contribution in [2.24, 2.45) is 5.73 Å². The zero-order valence-corrected chi connectivity index (χ0v) is 10.5. The van der Waals surface area contributed by atoms with Crippen molar-refractivity contribution in [1.29, 1.82) is 0 Å². The van der Waals surface area contributed by atoms with Crippen LogP contribution in [0.1, 0.15) is 11.3 Å². The third kappa shape index (κ3) is 3.71. The molecule has 0 spiro atoms. The number of ether oxygens (including phenoxy) is 1. The monoisotopic (exact) mass is 282 g/mol. The third-order valence-electron chi connectivity index (χ3n) is 2.59. The molecule has 3 nitrogen and oxygen atoms in total. The van der Waals surface area contributed by atoms with Gasteiger partial charge in [0.05, 0.1) is 0 Å². The van der Waals surface area contributed by atoms with Crippen LogP contribution in [0.15, 0.2) is 42.5 Å². The molecule has 0 amide bonds. The SMILES string of the molecule is NCCc1ccc(Oc2cccc(C(F)(F)F)n2)cc1. The summed E-state index contributed by atoms with van der Waals surface area (Å²) in [7, 11) is 0. The van der Waals surface area contributed by atoms with Crippen LogP contribution in [-0.2, 0) is 12.6 Å². The van der Waals surface area contributed by atoms with E-state index in [-0.39, 0.29) is 5.88 Å². The lowest BCUT2D eigenvalue weighted by Gasteiger charge is -2.09. The molecule has 6 heteroatoms. The van der Waals surface area contributed by atoms with Crippen molar-refractivity contribution < 1.29 is 17.9 Å². The number of halogens is 3. The van der Waals surface area contributed by atoms with Crippen molar-refractivity contribution in [3.05, 3.63) is 53.7 Å². The van der Waals surface area contributed by atoms with Gasteiger partial charge in [0, 0.05) is 6.07 Å². The minimum Gasteiger partial charge on any atom is -0.439 e. The zero-order chi connectivity index (χ0) is 14.6. The first kappa shape index (κ1) is 14.3. The summed E-state index contributed by atoms with van der Waals surface area (Å²) >= 11 is 0. The van der Waals surface area contributed by atoms with Crippen molar-refractivity contribution >= 4 is 0 Å². The van der Waals surface area contributed by atoms with Gasteiger partial charge in [0.1, 0.15) is 11.4 Å². The molecule has 0 aliphatic heterocycles. The van der Waals surface area contributed by atoms with E-state index in [1.807, 2.05) is 12.1 Å². The Labute approximate surface area is 114 Å². The Morgan fingerprint density at radius 3 is 2.35 bits per heavy atom. The fourth-order valence-electron chi connectivity index (χ4n) is 1.64. The molecule has 1 aromatic carbocycles. The van der Waals surface area contributed by atoms with Gasteiger partial charge in [-0.3, -0.25) is 0 Å². The van der Waals surface area contributed by atoms with Crippen LogP contribution in [0.2, 0.25) is 0 Å². The van der Waals surface area contributed by atoms with Crippen LogP contribution in [0, 0.1) is 0 Å². The Kier molecular flexibility index (Phi) is 4.24. The molecular formula is C14H13F3N2O. The van der Waals surface area contributed by atoms with Gasteiger partial charge in [0.2, 0.25) is 5.88 Å². The van der Waals surface area contributed by atoms with E-state index in [1.165, 1.54) is 12.1 Å². The molecule has 1 heterocycles. The van der Waals surface area contributed by atoms with E-state index in [0.717, 1.165) is 18.1 Å². The van der Waals surface area contributed by atoms with E-state index >= 15 is 0 Å². The number of rotatable bonds is 4. The maximum atomic E-state index is 12.5. The summed E-state index contributed by atoms with van der Waals surface area (Å²) in [6.45, 7) is 0.537. The first-order valence-electron chi connectivity index (χ1n) is 6.00. The normalized spacial score (nSPS) is 11.4. The molecule has 0 atom stereocenters. The van der Waals surface area contributed by atoms with Gasteiger partial charge in [-0.2, -0.15) is 13.2 Å². The Bertz CT molecular complexity index is 567. The van der Waals surface area contributed by atoms with Crippen LogP contribution in [0.4, 0.5) is 13.2 Å². The molecule has 1 aromatic heterocycles. The van der Waals surface area contributed by atoms with Crippen LogP contribution in [0.3, 0.4) is 0 Å². The van der Waals surface area contributed by atoms with E-state index in [9.17, 15) is 13.2 Å². The molecule has 0 aliphatic carbocycles. The molecule has 0 aliphatic rings. The first-order chi connectivity index (χ1) is 9.49. The quantitative estimate of drug-likeness (QED) is 0.935. The average Bonchev–Trinajstić information content (AvgIpc) is 2.41. The summed E-state index contributed by atoms with van der Waals surface area (Å²) in [6, 6.07) is 10.5. The molecule has 106 valence electrons. The molecule has 0 saturated carbocycles. The second kappa shape index (κ2) is 5.92. The van der Waals surface area contributed by atoms with Gasteiger partial charge in [-0.15, -0.1) is 0 Å². The number of alkyl halides is 3. The molecule has 0 unspecified atom stereocenters. The van der Waals surface area contributed by atoms with Gasteiger partial charge in [-0.25, -0.2) is 4.98 Å². The van der Waals surface area contributed by atoms with Crippen molar-refractivity contribution in [3.8, 4) is 11.6 Å². The topological polar surface area (TPSA) is 48.1 Å². The molecule has 2 aromatic rings. The van der Waals surface area contributed by atoms with Crippen molar-refractivity contribution in [2.45, 2.75) is 12.6 Å². The number of benzene rings is 1. The summed E-state index contributed by atoms with van der Waals surface area (Å²) in [5.41, 5.74) is 5.49. The minimum absolute atomic E-state index is 0.0913. The predicted octanol–water partition coefficient (Wildman–Crippen LogP) is 3.39. The predicted molar refractivity (Wildman–Crippen MR) is 68.5 cm³/mol. The number of nitrogens with two attached hydrogens (primary N) is 1. The maximum Gasteiger partial charge on any atom is 0.433 e. The highest BCUT2D eigenvalue weighted by Crippen LogP contribution is 2.29. The standard InChI is InChI=1S/C14H13F3N2O/c15-14(16,17)12-2-1-3-13(19-12)20-11-6-4-10(5-7-11)8-9-18/h1-7H,8-9,18H2. The van der Waals surface area contributed by atoms with Gasteiger partial charge >= 0.3 is 6.18 Å². The highest BCUT2D eigenvalue weighted by molar-refractivity contribution is 5.31. The molecule has 0 radical (unpaired) electrons. The fourth-order valence-corrected chi connectivity index (χ4v) is 1.64. The molecule has 2 rings (SSSR count). The lowest BCUT2D eigenvalue weighted by molar-refractivity contribution is -0.141. The molecule has 0 saturated heterocycles. The van der Waals surface area contributed by atoms with E-state index < -0.39 is 11.9 Å². The molecule has 2 N–H and O–H groups in total. The van der Waals surface area contributed by atoms with Gasteiger partial charge in [0.25, 0.3) is 0 Å². The van der Waals surface area contributed by atoms with Gasteiger partial charge < -0.3 is 10.5 Å². The van der Waals surface area contributed by atoms with Crippen LogP contribution in [0.5, 0.6) is 11.6 Å². The summed E-state index contributed by atoms with van der Waals surface area (Å²) in [5.74, 6) is 0.337. The smallest absolute Gasteiger partial charge is 0.433 e. The van der Waals surface area contributed by atoms with Gasteiger partial charge in [0.15, 0.2) is 0 Å².